The average molecular weight is 331 g/mol. The minimum Gasteiger partial charge on any atom is -0.385 e. The van der Waals surface area contributed by atoms with E-state index in [4.69, 9.17) is 0 Å². The van der Waals surface area contributed by atoms with Crippen LogP contribution in [0.15, 0.2) is 47.1 Å². The van der Waals surface area contributed by atoms with E-state index >= 15 is 0 Å². The molecule has 2 aromatic heterocycles. The van der Waals surface area contributed by atoms with E-state index < -0.39 is 0 Å². The van der Waals surface area contributed by atoms with Crippen LogP contribution in [-0.2, 0) is 6.42 Å². The zero-order chi connectivity index (χ0) is 13.9. The van der Waals surface area contributed by atoms with Crippen molar-refractivity contribution in [1.29, 1.82) is 0 Å². The highest BCUT2D eigenvalue weighted by molar-refractivity contribution is 9.10. The third-order valence-corrected chi connectivity index (χ3v) is 3.64. The van der Waals surface area contributed by atoms with Gasteiger partial charge < -0.3 is 5.32 Å². The summed E-state index contributed by atoms with van der Waals surface area (Å²) in [5, 5.41) is 11.8. The number of anilines is 1. The first-order valence-electron chi connectivity index (χ1n) is 6.52. The summed E-state index contributed by atoms with van der Waals surface area (Å²) in [4.78, 5) is 0. The molecule has 1 aromatic carbocycles. The summed E-state index contributed by atoms with van der Waals surface area (Å²) in [5.41, 5.74) is 3.27. The fourth-order valence-corrected chi connectivity index (χ4v) is 2.41. The molecule has 0 saturated carbocycles. The maximum Gasteiger partial charge on any atom is 0.160 e. The summed E-state index contributed by atoms with van der Waals surface area (Å²) >= 11 is 3.47. The summed E-state index contributed by atoms with van der Waals surface area (Å²) in [6.07, 6.45) is 2.82. The Morgan fingerprint density at radius 3 is 2.70 bits per heavy atom. The van der Waals surface area contributed by atoms with Crippen molar-refractivity contribution in [2.45, 2.75) is 13.3 Å². The van der Waals surface area contributed by atoms with E-state index in [2.05, 4.69) is 62.6 Å². The molecule has 20 heavy (non-hydrogen) atoms. The molecule has 0 aliphatic heterocycles. The first-order chi connectivity index (χ1) is 9.72. The van der Waals surface area contributed by atoms with Crippen LogP contribution in [0.2, 0.25) is 0 Å². The molecule has 3 aromatic rings. The van der Waals surface area contributed by atoms with Crippen molar-refractivity contribution in [3.63, 3.8) is 0 Å². The second-order valence-corrected chi connectivity index (χ2v) is 5.65. The molecule has 0 saturated heterocycles. The summed E-state index contributed by atoms with van der Waals surface area (Å²) in [6.45, 7) is 2.92. The normalized spacial score (nSPS) is 10.9. The number of hydrogen-bond acceptors (Lipinski definition) is 3. The summed E-state index contributed by atoms with van der Waals surface area (Å²) in [7, 11) is 0. The molecule has 0 amide bonds. The molecule has 0 fully saturated rings. The Morgan fingerprint density at radius 1 is 1.10 bits per heavy atom. The van der Waals surface area contributed by atoms with E-state index in [1.807, 2.05) is 22.7 Å². The van der Waals surface area contributed by atoms with Crippen molar-refractivity contribution in [2.24, 2.45) is 0 Å². The summed E-state index contributed by atoms with van der Waals surface area (Å²) in [6, 6.07) is 12.3. The first kappa shape index (κ1) is 13.1. The van der Waals surface area contributed by atoms with Gasteiger partial charge in [0.15, 0.2) is 5.65 Å². The maximum absolute atomic E-state index is 4.23. The van der Waals surface area contributed by atoms with Crippen molar-refractivity contribution in [3.8, 4) is 0 Å². The van der Waals surface area contributed by atoms with Crippen molar-refractivity contribution >= 4 is 27.3 Å². The molecule has 0 unspecified atom stereocenters. The third kappa shape index (κ3) is 2.82. The Labute approximate surface area is 126 Å². The molecular weight excluding hydrogens is 316 g/mol. The lowest BCUT2D eigenvalue weighted by Gasteiger charge is -2.06. The van der Waals surface area contributed by atoms with Crippen LogP contribution in [0.5, 0.6) is 0 Å². The van der Waals surface area contributed by atoms with Gasteiger partial charge in [-0.05, 0) is 47.1 Å². The number of aromatic nitrogens is 3. The Hall–Kier alpha value is -1.88. The largest absolute Gasteiger partial charge is 0.385 e. The molecule has 5 heteroatoms. The molecule has 2 heterocycles. The zero-order valence-electron chi connectivity index (χ0n) is 11.2. The number of nitrogens with zero attached hydrogens (tertiary/aromatic N) is 3. The number of pyridine rings is 1. The number of hydrogen-bond donors (Lipinski definition) is 1. The van der Waals surface area contributed by atoms with Crippen molar-refractivity contribution in [1.82, 2.24) is 14.6 Å². The number of benzene rings is 1. The fraction of sp³-hybridized carbons (Fsp3) is 0.200. The fourth-order valence-electron chi connectivity index (χ4n) is 2.07. The lowest BCUT2D eigenvalue weighted by Crippen LogP contribution is -2.07. The highest BCUT2D eigenvalue weighted by Crippen LogP contribution is 2.13. The zero-order valence-corrected chi connectivity index (χ0v) is 12.8. The minimum atomic E-state index is 0.825. The molecule has 0 aliphatic rings. The first-order valence-corrected chi connectivity index (χ1v) is 7.31. The van der Waals surface area contributed by atoms with Crippen LogP contribution in [0.25, 0.3) is 5.65 Å². The van der Waals surface area contributed by atoms with Crippen LogP contribution < -0.4 is 5.32 Å². The van der Waals surface area contributed by atoms with Crippen molar-refractivity contribution in [3.05, 3.63) is 58.5 Å². The van der Waals surface area contributed by atoms with Crippen molar-refractivity contribution < 1.29 is 0 Å². The van der Waals surface area contributed by atoms with E-state index in [-0.39, 0.29) is 0 Å². The van der Waals surface area contributed by atoms with Gasteiger partial charge >= 0.3 is 0 Å². The molecule has 0 bridgehead atoms. The second kappa shape index (κ2) is 5.63. The molecule has 0 atom stereocenters. The third-order valence-electron chi connectivity index (χ3n) is 3.17. The lowest BCUT2D eigenvalue weighted by molar-refractivity contribution is 0.870. The SMILES string of the molecule is Cc1ccc(NCCc2nnc3ccc(Br)cn23)cc1. The minimum absolute atomic E-state index is 0.825. The topological polar surface area (TPSA) is 42.2 Å². The summed E-state index contributed by atoms with van der Waals surface area (Å²) < 4.78 is 3.04. The van der Waals surface area contributed by atoms with Crippen LogP contribution in [-0.4, -0.2) is 21.1 Å². The van der Waals surface area contributed by atoms with Gasteiger partial charge in [-0.3, -0.25) is 4.40 Å². The standard InChI is InChI=1S/C15H15BrN4/c1-11-2-5-13(6-3-11)17-9-8-15-19-18-14-7-4-12(16)10-20(14)15/h2-7,10,17H,8-9H2,1H3. The van der Waals surface area contributed by atoms with E-state index in [9.17, 15) is 0 Å². The Morgan fingerprint density at radius 2 is 1.90 bits per heavy atom. The van der Waals surface area contributed by atoms with Gasteiger partial charge in [-0.2, -0.15) is 0 Å². The van der Waals surface area contributed by atoms with Gasteiger partial charge in [0.2, 0.25) is 0 Å². The van der Waals surface area contributed by atoms with Gasteiger partial charge in [0.1, 0.15) is 5.82 Å². The number of nitrogens with one attached hydrogen (secondary N) is 1. The second-order valence-electron chi connectivity index (χ2n) is 4.73. The van der Waals surface area contributed by atoms with E-state index in [0.717, 1.165) is 34.6 Å². The monoisotopic (exact) mass is 330 g/mol. The number of aryl methyl sites for hydroxylation is 1. The predicted octanol–water partition coefficient (Wildman–Crippen LogP) is 3.45. The maximum atomic E-state index is 4.23. The van der Waals surface area contributed by atoms with Gasteiger partial charge in [0.05, 0.1) is 0 Å². The number of fused-ring (bicyclic) bond motifs is 1. The molecule has 1 N–H and O–H groups in total. The highest BCUT2D eigenvalue weighted by Gasteiger charge is 2.05. The molecule has 3 rings (SSSR count). The molecule has 102 valence electrons. The van der Waals surface area contributed by atoms with Gasteiger partial charge in [0.25, 0.3) is 0 Å². The molecule has 0 spiro atoms. The van der Waals surface area contributed by atoms with Crippen LogP contribution in [0.4, 0.5) is 5.69 Å². The molecular formula is C15H15BrN4. The Kier molecular flexibility index (Phi) is 3.69. The predicted molar refractivity (Wildman–Crippen MR) is 84.1 cm³/mol. The van der Waals surface area contributed by atoms with E-state index in [1.165, 1.54) is 5.56 Å². The molecule has 4 nitrogen and oxygen atoms in total. The van der Waals surface area contributed by atoms with Crippen molar-refractivity contribution in [2.75, 3.05) is 11.9 Å². The number of halogens is 1. The number of rotatable bonds is 4. The summed E-state index contributed by atoms with van der Waals surface area (Å²) in [5.74, 6) is 0.959. The van der Waals surface area contributed by atoms with Gasteiger partial charge in [-0.1, -0.05) is 17.7 Å². The lowest BCUT2D eigenvalue weighted by atomic mass is 10.2. The quantitative estimate of drug-likeness (QED) is 0.796. The van der Waals surface area contributed by atoms with Crippen LogP contribution >= 0.6 is 15.9 Å². The average Bonchev–Trinajstić information content (AvgIpc) is 2.84. The van der Waals surface area contributed by atoms with E-state index in [0.29, 0.717) is 0 Å². The smallest absolute Gasteiger partial charge is 0.160 e. The molecule has 0 radical (unpaired) electrons. The van der Waals surface area contributed by atoms with Crippen LogP contribution in [0.3, 0.4) is 0 Å². The van der Waals surface area contributed by atoms with E-state index in [1.54, 1.807) is 0 Å². The van der Waals surface area contributed by atoms with Crippen LogP contribution in [0.1, 0.15) is 11.4 Å². The molecule has 0 aliphatic carbocycles. The highest BCUT2D eigenvalue weighted by atomic mass is 79.9. The van der Waals surface area contributed by atoms with Gasteiger partial charge in [-0.25, -0.2) is 0 Å². The van der Waals surface area contributed by atoms with Gasteiger partial charge in [-0.15, -0.1) is 10.2 Å². The Bertz CT molecular complexity index is 718. The Balaban J connectivity index is 1.68. The van der Waals surface area contributed by atoms with Crippen LogP contribution in [0, 0.1) is 6.92 Å². The van der Waals surface area contributed by atoms with Gasteiger partial charge in [0, 0.05) is 29.3 Å².